The minimum atomic E-state index is -1.05. The van der Waals surface area contributed by atoms with E-state index < -0.39 is 18.1 Å². The predicted octanol–water partition coefficient (Wildman–Crippen LogP) is 3.52. The Kier molecular flexibility index (Phi) is 8.02. The number of nitrogens with zero attached hydrogens (tertiary/aromatic N) is 1. The van der Waals surface area contributed by atoms with Gasteiger partial charge < -0.3 is 25.2 Å². The predicted molar refractivity (Wildman–Crippen MR) is 130 cm³/mol. The molecule has 8 nitrogen and oxygen atoms in total. The Morgan fingerprint density at radius 1 is 1.00 bits per heavy atom. The first-order valence-electron chi connectivity index (χ1n) is 12.2. The molecule has 2 aliphatic rings. The third kappa shape index (κ3) is 5.65. The van der Waals surface area contributed by atoms with E-state index in [0.717, 1.165) is 41.5 Å². The average Bonchev–Trinajstić information content (AvgIpc) is 3.00. The highest BCUT2D eigenvalue weighted by molar-refractivity contribution is 5.86. The van der Waals surface area contributed by atoms with Crippen LogP contribution in [-0.4, -0.2) is 64.9 Å². The van der Waals surface area contributed by atoms with Crippen molar-refractivity contribution in [3.63, 3.8) is 0 Å². The van der Waals surface area contributed by atoms with Gasteiger partial charge in [-0.25, -0.2) is 4.79 Å². The fourth-order valence-electron chi connectivity index (χ4n) is 5.16. The summed E-state index contributed by atoms with van der Waals surface area (Å²) in [6.07, 6.45) is 2.28. The SMILES string of the molecule is O=C(O)CCC(NC(=O)OCC1c2ccccc2-c2ccccc21)C(=O)N1CCCCCC1CO. The summed E-state index contributed by atoms with van der Waals surface area (Å²) in [6.45, 7) is 0.408. The molecule has 1 heterocycles. The molecule has 2 unspecified atom stereocenters. The van der Waals surface area contributed by atoms with Crippen LogP contribution in [0.1, 0.15) is 55.6 Å². The van der Waals surface area contributed by atoms with Crippen LogP contribution in [0.25, 0.3) is 11.1 Å². The minimum Gasteiger partial charge on any atom is -0.481 e. The molecule has 2 aromatic rings. The summed E-state index contributed by atoms with van der Waals surface area (Å²) < 4.78 is 5.57. The number of carboxylic acids is 1. The summed E-state index contributed by atoms with van der Waals surface area (Å²) in [4.78, 5) is 38.9. The van der Waals surface area contributed by atoms with Crippen molar-refractivity contribution in [2.75, 3.05) is 19.8 Å². The van der Waals surface area contributed by atoms with Gasteiger partial charge in [-0.1, -0.05) is 61.4 Å². The lowest BCUT2D eigenvalue weighted by Crippen LogP contribution is -2.53. The number of hydrogen-bond donors (Lipinski definition) is 3. The fourth-order valence-corrected chi connectivity index (χ4v) is 5.16. The highest BCUT2D eigenvalue weighted by atomic mass is 16.5. The first-order chi connectivity index (χ1) is 17.0. The Bertz CT molecular complexity index is 1030. The summed E-state index contributed by atoms with van der Waals surface area (Å²) in [6, 6.07) is 14.6. The molecule has 4 rings (SSSR count). The van der Waals surface area contributed by atoms with E-state index in [1.54, 1.807) is 4.90 Å². The molecule has 1 fully saturated rings. The normalized spacial score (nSPS) is 18.2. The molecule has 0 saturated carbocycles. The number of ether oxygens (including phenoxy) is 1. The third-order valence-corrected chi connectivity index (χ3v) is 6.95. The Morgan fingerprint density at radius 2 is 1.66 bits per heavy atom. The number of aliphatic hydroxyl groups is 1. The highest BCUT2D eigenvalue weighted by Gasteiger charge is 2.33. The number of amides is 2. The van der Waals surface area contributed by atoms with Crippen LogP contribution in [-0.2, 0) is 14.3 Å². The summed E-state index contributed by atoms with van der Waals surface area (Å²) in [5.74, 6) is -1.54. The molecular weight excluding hydrogens is 448 g/mol. The number of benzene rings is 2. The molecule has 0 radical (unpaired) electrons. The second-order valence-electron chi connectivity index (χ2n) is 9.17. The molecule has 35 heavy (non-hydrogen) atoms. The second kappa shape index (κ2) is 11.4. The molecule has 1 saturated heterocycles. The van der Waals surface area contributed by atoms with E-state index in [-0.39, 0.29) is 43.9 Å². The number of carboxylic acid groups (broad SMARTS) is 1. The van der Waals surface area contributed by atoms with Crippen LogP contribution in [0.3, 0.4) is 0 Å². The number of nitrogens with one attached hydrogen (secondary N) is 1. The van der Waals surface area contributed by atoms with Crippen LogP contribution >= 0.6 is 0 Å². The molecule has 2 amide bonds. The van der Waals surface area contributed by atoms with Crippen molar-refractivity contribution >= 4 is 18.0 Å². The van der Waals surface area contributed by atoms with Gasteiger partial charge in [-0.15, -0.1) is 0 Å². The lowest BCUT2D eigenvalue weighted by Gasteiger charge is -2.32. The number of alkyl carbamates (subject to hydrolysis) is 1. The molecule has 2 aromatic carbocycles. The Morgan fingerprint density at radius 3 is 2.29 bits per heavy atom. The quantitative estimate of drug-likeness (QED) is 0.532. The Labute approximate surface area is 204 Å². The van der Waals surface area contributed by atoms with E-state index in [0.29, 0.717) is 13.0 Å². The monoisotopic (exact) mass is 480 g/mol. The molecule has 1 aliphatic carbocycles. The molecule has 0 spiro atoms. The first kappa shape index (κ1) is 24.7. The zero-order valence-electron chi connectivity index (χ0n) is 19.7. The standard InChI is InChI=1S/C27H32N2O6/c30-16-18-8-2-1-7-15-29(18)26(33)24(13-14-25(31)32)28-27(34)35-17-23-21-11-5-3-9-19(21)20-10-4-6-12-22(20)23/h3-6,9-12,18,23-24,30H,1-2,7-8,13-17H2,(H,28,34)(H,31,32). The van der Waals surface area contributed by atoms with Crippen molar-refractivity contribution in [1.82, 2.24) is 10.2 Å². The maximum atomic E-state index is 13.3. The van der Waals surface area contributed by atoms with E-state index in [4.69, 9.17) is 9.84 Å². The molecule has 0 aromatic heterocycles. The van der Waals surface area contributed by atoms with Gasteiger partial charge >= 0.3 is 12.1 Å². The lowest BCUT2D eigenvalue weighted by molar-refractivity contribution is -0.139. The lowest BCUT2D eigenvalue weighted by atomic mass is 9.98. The molecule has 8 heteroatoms. The third-order valence-electron chi connectivity index (χ3n) is 6.95. The largest absolute Gasteiger partial charge is 0.481 e. The fraction of sp³-hybridized carbons (Fsp3) is 0.444. The molecule has 186 valence electrons. The van der Waals surface area contributed by atoms with Gasteiger partial charge in [0, 0.05) is 18.9 Å². The van der Waals surface area contributed by atoms with Crippen LogP contribution < -0.4 is 5.32 Å². The van der Waals surface area contributed by atoms with Gasteiger partial charge in [-0.05, 0) is 41.5 Å². The average molecular weight is 481 g/mol. The smallest absolute Gasteiger partial charge is 0.407 e. The summed E-state index contributed by atoms with van der Waals surface area (Å²) in [7, 11) is 0. The number of carbonyl (C=O) groups excluding carboxylic acids is 2. The number of hydrogen-bond acceptors (Lipinski definition) is 5. The van der Waals surface area contributed by atoms with Crippen molar-refractivity contribution in [3.8, 4) is 11.1 Å². The Hall–Kier alpha value is -3.39. The Balaban J connectivity index is 1.45. The number of likely N-dealkylation sites (tertiary alicyclic amines) is 1. The molecule has 0 bridgehead atoms. The van der Waals surface area contributed by atoms with Gasteiger partial charge in [-0.3, -0.25) is 9.59 Å². The van der Waals surface area contributed by atoms with Crippen molar-refractivity contribution in [2.24, 2.45) is 0 Å². The summed E-state index contributed by atoms with van der Waals surface area (Å²) >= 11 is 0. The number of rotatable bonds is 8. The maximum Gasteiger partial charge on any atom is 0.407 e. The number of fused-ring (bicyclic) bond motifs is 3. The molecule has 1 aliphatic heterocycles. The van der Waals surface area contributed by atoms with Gasteiger partial charge in [0.15, 0.2) is 0 Å². The van der Waals surface area contributed by atoms with Gasteiger partial charge in [0.05, 0.1) is 12.6 Å². The van der Waals surface area contributed by atoms with Gasteiger partial charge in [0.2, 0.25) is 5.91 Å². The second-order valence-corrected chi connectivity index (χ2v) is 9.17. The van der Waals surface area contributed by atoms with Gasteiger partial charge in [0.25, 0.3) is 0 Å². The summed E-state index contributed by atoms with van der Waals surface area (Å²) in [5, 5.41) is 21.5. The maximum absolute atomic E-state index is 13.3. The molecule has 3 N–H and O–H groups in total. The van der Waals surface area contributed by atoms with Crippen LogP contribution in [0.4, 0.5) is 4.79 Å². The van der Waals surface area contributed by atoms with E-state index in [1.807, 2.05) is 48.5 Å². The van der Waals surface area contributed by atoms with Gasteiger partial charge in [-0.2, -0.15) is 0 Å². The van der Waals surface area contributed by atoms with Crippen LogP contribution in [0.2, 0.25) is 0 Å². The van der Waals surface area contributed by atoms with Crippen molar-refractivity contribution in [3.05, 3.63) is 59.7 Å². The molecular formula is C27H32N2O6. The van der Waals surface area contributed by atoms with Crippen molar-refractivity contribution < 1.29 is 29.3 Å². The number of aliphatic carboxylic acids is 1. The van der Waals surface area contributed by atoms with Crippen LogP contribution in [0.15, 0.2) is 48.5 Å². The van der Waals surface area contributed by atoms with Crippen molar-refractivity contribution in [2.45, 2.75) is 56.5 Å². The topological polar surface area (TPSA) is 116 Å². The van der Waals surface area contributed by atoms with Crippen molar-refractivity contribution in [1.29, 1.82) is 0 Å². The molecule has 2 atom stereocenters. The van der Waals surface area contributed by atoms with Crippen LogP contribution in [0.5, 0.6) is 0 Å². The van der Waals surface area contributed by atoms with E-state index >= 15 is 0 Å². The van der Waals surface area contributed by atoms with Crippen LogP contribution in [0, 0.1) is 0 Å². The minimum absolute atomic E-state index is 0.0486. The highest BCUT2D eigenvalue weighted by Crippen LogP contribution is 2.44. The van der Waals surface area contributed by atoms with Gasteiger partial charge in [0.1, 0.15) is 12.6 Å². The number of aliphatic hydroxyl groups excluding tert-OH is 1. The number of carbonyl (C=O) groups is 3. The zero-order chi connectivity index (χ0) is 24.8. The zero-order valence-corrected chi connectivity index (χ0v) is 19.7. The summed E-state index contributed by atoms with van der Waals surface area (Å²) in [5.41, 5.74) is 4.39. The van der Waals surface area contributed by atoms with E-state index in [2.05, 4.69) is 5.32 Å². The first-order valence-corrected chi connectivity index (χ1v) is 12.2. The van der Waals surface area contributed by atoms with E-state index in [1.165, 1.54) is 0 Å². The van der Waals surface area contributed by atoms with E-state index in [9.17, 15) is 19.5 Å².